The van der Waals surface area contributed by atoms with Crippen LogP contribution < -0.4 is 0 Å². The quantitative estimate of drug-likeness (QED) is 0.791. The Labute approximate surface area is 106 Å². The van der Waals surface area contributed by atoms with Crippen molar-refractivity contribution in [3.63, 3.8) is 0 Å². The van der Waals surface area contributed by atoms with Gasteiger partial charge in [-0.15, -0.1) is 0 Å². The normalized spacial score (nSPS) is 15.2. The third-order valence-electron chi connectivity index (χ3n) is 3.38. The van der Waals surface area contributed by atoms with Crippen molar-refractivity contribution in [2.24, 2.45) is 17.8 Å². The smallest absolute Gasteiger partial charge is 0.0576 e. The minimum absolute atomic E-state index is 0.185. The van der Waals surface area contributed by atoms with Crippen LogP contribution in [0.5, 0.6) is 0 Å². The van der Waals surface area contributed by atoms with Gasteiger partial charge in [0.2, 0.25) is 0 Å². The largest absolute Gasteiger partial charge is 0.393 e. The van der Waals surface area contributed by atoms with Crippen molar-refractivity contribution >= 4 is 0 Å². The summed E-state index contributed by atoms with van der Waals surface area (Å²) < 4.78 is 0. The average Bonchev–Trinajstić information content (AvgIpc) is 2.25. The van der Waals surface area contributed by atoms with Crippen LogP contribution in [-0.2, 0) is 6.42 Å². The maximum atomic E-state index is 10.3. The van der Waals surface area contributed by atoms with E-state index in [0.29, 0.717) is 17.8 Å². The fourth-order valence-electron chi connectivity index (χ4n) is 2.36. The third-order valence-corrected chi connectivity index (χ3v) is 3.38. The van der Waals surface area contributed by atoms with Crippen LogP contribution in [0, 0.1) is 17.8 Å². The van der Waals surface area contributed by atoms with Crippen LogP contribution >= 0.6 is 0 Å². The zero-order valence-corrected chi connectivity index (χ0v) is 11.6. The highest BCUT2D eigenvalue weighted by molar-refractivity contribution is 5.15. The van der Waals surface area contributed by atoms with Gasteiger partial charge in [-0.05, 0) is 36.2 Å². The van der Waals surface area contributed by atoms with Crippen LogP contribution in [0.15, 0.2) is 30.3 Å². The molecule has 1 aromatic rings. The molecule has 0 heterocycles. The van der Waals surface area contributed by atoms with E-state index in [4.69, 9.17) is 0 Å². The molecule has 1 aromatic carbocycles. The fourth-order valence-corrected chi connectivity index (χ4v) is 2.36. The summed E-state index contributed by atoms with van der Waals surface area (Å²) in [7, 11) is 0. The van der Waals surface area contributed by atoms with E-state index in [9.17, 15) is 5.11 Å². The van der Waals surface area contributed by atoms with Gasteiger partial charge in [-0.3, -0.25) is 0 Å². The highest BCUT2D eigenvalue weighted by Gasteiger charge is 2.23. The lowest BCUT2D eigenvalue weighted by Crippen LogP contribution is -2.28. The van der Waals surface area contributed by atoms with E-state index in [-0.39, 0.29) is 6.10 Å². The number of hydrogen-bond acceptors (Lipinski definition) is 1. The van der Waals surface area contributed by atoms with Gasteiger partial charge in [0.05, 0.1) is 6.10 Å². The summed E-state index contributed by atoms with van der Waals surface area (Å²) in [5.74, 6) is 1.44. The second kappa shape index (κ2) is 6.80. The van der Waals surface area contributed by atoms with Crippen molar-refractivity contribution < 1.29 is 5.11 Å². The number of hydrogen-bond donors (Lipinski definition) is 1. The van der Waals surface area contributed by atoms with E-state index in [1.165, 1.54) is 5.56 Å². The molecular weight excluding hydrogens is 208 g/mol. The highest BCUT2D eigenvalue weighted by Crippen LogP contribution is 2.24. The number of aliphatic hydroxyl groups is 1. The van der Waals surface area contributed by atoms with Gasteiger partial charge in [0.15, 0.2) is 0 Å². The lowest BCUT2D eigenvalue weighted by atomic mass is 9.82. The van der Waals surface area contributed by atoms with Gasteiger partial charge in [0.1, 0.15) is 0 Å². The Morgan fingerprint density at radius 3 is 2.06 bits per heavy atom. The zero-order valence-electron chi connectivity index (χ0n) is 11.6. The Hall–Kier alpha value is -0.820. The fraction of sp³-hybridized carbons (Fsp3) is 0.625. The van der Waals surface area contributed by atoms with Crippen LogP contribution in [0.2, 0.25) is 0 Å². The number of rotatable bonds is 6. The number of benzene rings is 1. The van der Waals surface area contributed by atoms with E-state index >= 15 is 0 Å². The van der Waals surface area contributed by atoms with Crippen molar-refractivity contribution in [1.82, 2.24) is 0 Å². The van der Waals surface area contributed by atoms with Crippen molar-refractivity contribution in [3.8, 4) is 0 Å². The highest BCUT2D eigenvalue weighted by atomic mass is 16.3. The standard InChI is InChI=1S/C16H26O/c1-12(2)10-16(17)15(13(3)4)11-14-8-6-5-7-9-14/h5-9,12-13,15-17H,10-11H2,1-4H3/t15-,16-/m1/s1. The zero-order chi connectivity index (χ0) is 12.8. The number of aliphatic hydroxyl groups excluding tert-OH is 1. The van der Waals surface area contributed by atoms with Crippen molar-refractivity contribution in [1.29, 1.82) is 0 Å². The molecule has 0 unspecified atom stereocenters. The average molecular weight is 234 g/mol. The van der Waals surface area contributed by atoms with E-state index in [2.05, 4.69) is 52.0 Å². The lowest BCUT2D eigenvalue weighted by Gasteiger charge is -2.27. The first-order chi connectivity index (χ1) is 8.00. The summed E-state index contributed by atoms with van der Waals surface area (Å²) in [5.41, 5.74) is 1.33. The molecule has 0 spiro atoms. The van der Waals surface area contributed by atoms with Crippen molar-refractivity contribution in [3.05, 3.63) is 35.9 Å². The van der Waals surface area contributed by atoms with Gasteiger partial charge in [-0.2, -0.15) is 0 Å². The minimum Gasteiger partial charge on any atom is -0.393 e. The van der Waals surface area contributed by atoms with Gasteiger partial charge in [-0.25, -0.2) is 0 Å². The first kappa shape index (κ1) is 14.2. The van der Waals surface area contributed by atoms with Gasteiger partial charge in [0, 0.05) is 0 Å². The maximum absolute atomic E-state index is 10.3. The molecule has 0 bridgehead atoms. The first-order valence-corrected chi connectivity index (χ1v) is 6.72. The van der Waals surface area contributed by atoms with Gasteiger partial charge in [-0.1, -0.05) is 58.0 Å². The SMILES string of the molecule is CC(C)C[C@@H](O)[C@H](Cc1ccccc1)C(C)C. The molecule has 96 valence electrons. The van der Waals surface area contributed by atoms with E-state index in [1.54, 1.807) is 0 Å². The Bertz CT molecular complexity index is 303. The Morgan fingerprint density at radius 1 is 1.00 bits per heavy atom. The molecule has 0 fully saturated rings. The van der Waals surface area contributed by atoms with Crippen LogP contribution in [0.25, 0.3) is 0 Å². The molecule has 0 amide bonds. The van der Waals surface area contributed by atoms with E-state index in [0.717, 1.165) is 12.8 Å². The first-order valence-electron chi connectivity index (χ1n) is 6.72. The van der Waals surface area contributed by atoms with Crippen molar-refractivity contribution in [2.75, 3.05) is 0 Å². The maximum Gasteiger partial charge on any atom is 0.0576 e. The van der Waals surface area contributed by atoms with Crippen LogP contribution in [0.3, 0.4) is 0 Å². The summed E-state index contributed by atoms with van der Waals surface area (Å²) in [6, 6.07) is 10.5. The molecule has 0 radical (unpaired) electrons. The molecule has 1 N–H and O–H groups in total. The second-order valence-electron chi connectivity index (χ2n) is 5.79. The second-order valence-corrected chi connectivity index (χ2v) is 5.79. The molecule has 1 nitrogen and oxygen atoms in total. The predicted molar refractivity (Wildman–Crippen MR) is 73.9 cm³/mol. The molecule has 17 heavy (non-hydrogen) atoms. The summed E-state index contributed by atoms with van der Waals surface area (Å²) in [6.45, 7) is 8.75. The molecule has 0 saturated heterocycles. The molecule has 2 atom stereocenters. The molecule has 0 saturated carbocycles. The topological polar surface area (TPSA) is 20.2 Å². The molecule has 1 heteroatoms. The summed E-state index contributed by atoms with van der Waals surface area (Å²) >= 11 is 0. The van der Waals surface area contributed by atoms with Crippen LogP contribution in [0.4, 0.5) is 0 Å². The van der Waals surface area contributed by atoms with E-state index in [1.807, 2.05) is 6.07 Å². The molecule has 0 aliphatic heterocycles. The van der Waals surface area contributed by atoms with Crippen LogP contribution in [0.1, 0.15) is 39.7 Å². The van der Waals surface area contributed by atoms with Gasteiger partial charge in [0.25, 0.3) is 0 Å². The summed E-state index contributed by atoms with van der Waals surface area (Å²) in [6.07, 6.45) is 1.69. The predicted octanol–water partition coefficient (Wildman–Crippen LogP) is 3.91. The monoisotopic (exact) mass is 234 g/mol. The Balaban J connectivity index is 2.66. The molecule has 0 aliphatic rings. The minimum atomic E-state index is -0.185. The van der Waals surface area contributed by atoms with E-state index < -0.39 is 0 Å². The van der Waals surface area contributed by atoms with Crippen LogP contribution in [-0.4, -0.2) is 11.2 Å². The lowest BCUT2D eigenvalue weighted by molar-refractivity contribution is 0.0629. The molecule has 1 rings (SSSR count). The Morgan fingerprint density at radius 2 is 1.59 bits per heavy atom. The third kappa shape index (κ3) is 4.91. The summed E-state index contributed by atoms with van der Waals surface area (Å²) in [4.78, 5) is 0. The van der Waals surface area contributed by atoms with Gasteiger partial charge >= 0.3 is 0 Å². The molecular formula is C16H26O. The summed E-state index contributed by atoms with van der Waals surface area (Å²) in [5, 5.41) is 10.3. The molecule has 0 aromatic heterocycles. The Kier molecular flexibility index (Phi) is 5.70. The van der Waals surface area contributed by atoms with Crippen molar-refractivity contribution in [2.45, 2.75) is 46.6 Å². The van der Waals surface area contributed by atoms with Gasteiger partial charge < -0.3 is 5.11 Å². The molecule has 0 aliphatic carbocycles.